The van der Waals surface area contributed by atoms with Crippen molar-refractivity contribution in [2.75, 3.05) is 19.8 Å². The molecule has 0 aromatic heterocycles. The molecule has 5 nitrogen and oxygen atoms in total. The van der Waals surface area contributed by atoms with E-state index in [9.17, 15) is 9.59 Å². The van der Waals surface area contributed by atoms with Crippen molar-refractivity contribution in [2.45, 2.75) is 25.9 Å². The van der Waals surface area contributed by atoms with E-state index in [0.717, 1.165) is 17.5 Å². The minimum Gasteiger partial charge on any atom is -0.454 e. The average Bonchev–Trinajstić information content (AvgIpc) is 2.68. The molecule has 0 bridgehead atoms. The molecule has 1 aliphatic rings. The van der Waals surface area contributed by atoms with Gasteiger partial charge in [-0.3, -0.25) is 4.79 Å². The number of nitrogens with one attached hydrogen (secondary N) is 1. The van der Waals surface area contributed by atoms with E-state index in [1.54, 1.807) is 18.2 Å². The third-order valence-electron chi connectivity index (χ3n) is 4.37. The van der Waals surface area contributed by atoms with Crippen LogP contribution in [-0.2, 0) is 15.9 Å². The number of amides is 1. The highest BCUT2D eigenvalue weighted by atomic mass is 16.5. The van der Waals surface area contributed by atoms with E-state index in [2.05, 4.69) is 5.32 Å². The third-order valence-corrected chi connectivity index (χ3v) is 4.37. The molecule has 1 unspecified atom stereocenters. The molecule has 0 fully saturated rings. The van der Waals surface area contributed by atoms with Crippen LogP contribution in [0, 0.1) is 0 Å². The Hall–Kier alpha value is -2.66. The highest BCUT2D eigenvalue weighted by Gasteiger charge is 2.28. The van der Waals surface area contributed by atoms with Gasteiger partial charge < -0.3 is 14.8 Å². The molecule has 1 heterocycles. The summed E-state index contributed by atoms with van der Waals surface area (Å²) in [5.41, 5.74) is 2.89. The summed E-state index contributed by atoms with van der Waals surface area (Å²) in [7, 11) is 0. The van der Waals surface area contributed by atoms with Gasteiger partial charge in [-0.25, -0.2) is 4.79 Å². The molecule has 0 radical (unpaired) electrons. The van der Waals surface area contributed by atoms with Gasteiger partial charge in [0.2, 0.25) is 0 Å². The van der Waals surface area contributed by atoms with E-state index < -0.39 is 0 Å². The Kier molecular flexibility index (Phi) is 6.02. The predicted molar refractivity (Wildman–Crippen MR) is 98.2 cm³/mol. The highest BCUT2D eigenvalue weighted by Crippen LogP contribution is 2.30. The zero-order chi connectivity index (χ0) is 18.4. The molecule has 0 saturated carbocycles. The Morgan fingerprint density at radius 3 is 2.81 bits per heavy atom. The molecule has 1 N–H and O–H groups in total. The van der Waals surface area contributed by atoms with E-state index in [4.69, 9.17) is 9.47 Å². The maximum absolute atomic E-state index is 12.3. The van der Waals surface area contributed by atoms with E-state index in [-0.39, 0.29) is 18.0 Å². The van der Waals surface area contributed by atoms with Gasteiger partial charge in [-0.1, -0.05) is 30.3 Å². The number of carbonyl (C=O) groups excluding carboxylic acids is 2. The van der Waals surface area contributed by atoms with Gasteiger partial charge >= 0.3 is 5.97 Å². The normalized spacial score (nSPS) is 15.9. The van der Waals surface area contributed by atoms with Gasteiger partial charge in [0.1, 0.15) is 6.10 Å². The summed E-state index contributed by atoms with van der Waals surface area (Å²) in [6.45, 7) is 3.81. The van der Waals surface area contributed by atoms with Crippen LogP contribution < -0.4 is 5.32 Å². The third kappa shape index (κ3) is 4.29. The average molecular weight is 353 g/mol. The number of carbonyl (C=O) groups is 2. The van der Waals surface area contributed by atoms with Crippen molar-refractivity contribution in [3.05, 3.63) is 70.8 Å². The van der Waals surface area contributed by atoms with Crippen LogP contribution >= 0.6 is 0 Å². The van der Waals surface area contributed by atoms with Crippen LogP contribution in [0.4, 0.5) is 0 Å². The number of cyclic esters (lactones) is 1. The zero-order valence-corrected chi connectivity index (χ0v) is 14.9. The molecule has 5 heteroatoms. The quantitative estimate of drug-likeness (QED) is 0.613. The van der Waals surface area contributed by atoms with Crippen molar-refractivity contribution in [2.24, 2.45) is 0 Å². The molecule has 136 valence electrons. The summed E-state index contributed by atoms with van der Waals surface area (Å²) in [6, 6.07) is 14.8. The second-order valence-electron chi connectivity index (χ2n) is 6.19. The van der Waals surface area contributed by atoms with E-state index in [1.165, 1.54) is 0 Å². The fourth-order valence-electron chi connectivity index (χ4n) is 3.01. The lowest BCUT2D eigenvalue weighted by Crippen LogP contribution is -2.27. The van der Waals surface area contributed by atoms with Crippen LogP contribution in [0.1, 0.15) is 51.3 Å². The smallest absolute Gasteiger partial charge is 0.339 e. The van der Waals surface area contributed by atoms with Crippen molar-refractivity contribution in [1.82, 2.24) is 5.32 Å². The molecular weight excluding hydrogens is 330 g/mol. The Morgan fingerprint density at radius 2 is 2.04 bits per heavy atom. The summed E-state index contributed by atoms with van der Waals surface area (Å²) in [6.07, 6.45) is 1.02. The Morgan fingerprint density at radius 1 is 1.23 bits per heavy atom. The van der Waals surface area contributed by atoms with Gasteiger partial charge in [-0.15, -0.1) is 0 Å². The number of hydrogen-bond donors (Lipinski definition) is 1. The van der Waals surface area contributed by atoms with E-state index in [0.29, 0.717) is 37.3 Å². The maximum atomic E-state index is 12.3. The first-order valence-electron chi connectivity index (χ1n) is 8.94. The number of esters is 1. The van der Waals surface area contributed by atoms with Crippen molar-refractivity contribution < 1.29 is 19.1 Å². The standard InChI is InChI=1S/C21H23NO4/c1-2-25-12-6-11-22-20(23)16-9-10-18-17(13-16)14-19(26-21(18)24)15-7-4-3-5-8-15/h3-5,7-10,13,19H,2,6,11-12,14H2,1H3,(H,22,23). The Balaban J connectivity index is 1.69. The van der Waals surface area contributed by atoms with Gasteiger partial charge in [-0.05, 0) is 42.7 Å². The van der Waals surface area contributed by atoms with Crippen LogP contribution in [0.5, 0.6) is 0 Å². The van der Waals surface area contributed by atoms with Crippen LogP contribution in [-0.4, -0.2) is 31.6 Å². The zero-order valence-electron chi connectivity index (χ0n) is 14.9. The van der Waals surface area contributed by atoms with Crippen LogP contribution in [0.15, 0.2) is 48.5 Å². The van der Waals surface area contributed by atoms with E-state index in [1.807, 2.05) is 37.3 Å². The van der Waals surface area contributed by atoms with Gasteiger partial charge in [-0.2, -0.15) is 0 Å². The lowest BCUT2D eigenvalue weighted by atomic mass is 9.93. The van der Waals surface area contributed by atoms with Gasteiger partial charge in [0.15, 0.2) is 0 Å². The number of hydrogen-bond acceptors (Lipinski definition) is 4. The second kappa shape index (κ2) is 8.63. The van der Waals surface area contributed by atoms with Crippen LogP contribution in [0.3, 0.4) is 0 Å². The molecule has 2 aromatic rings. The monoisotopic (exact) mass is 353 g/mol. The molecule has 0 saturated heterocycles. The maximum Gasteiger partial charge on any atom is 0.339 e. The van der Waals surface area contributed by atoms with Gasteiger partial charge in [0.05, 0.1) is 5.56 Å². The molecule has 0 aliphatic carbocycles. The van der Waals surface area contributed by atoms with Gasteiger partial charge in [0, 0.05) is 31.7 Å². The SMILES string of the molecule is CCOCCCNC(=O)c1ccc2c(c1)CC(c1ccccc1)OC2=O. The second-order valence-corrected chi connectivity index (χ2v) is 6.19. The number of ether oxygens (including phenoxy) is 2. The molecular formula is C21H23NO4. The first-order chi connectivity index (χ1) is 12.7. The summed E-state index contributed by atoms with van der Waals surface area (Å²) in [4.78, 5) is 24.6. The lowest BCUT2D eigenvalue weighted by Gasteiger charge is -2.25. The molecule has 1 amide bonds. The van der Waals surface area contributed by atoms with Crippen molar-refractivity contribution in [3.8, 4) is 0 Å². The summed E-state index contributed by atoms with van der Waals surface area (Å²) in [5.74, 6) is -0.483. The molecule has 0 spiro atoms. The van der Waals surface area contributed by atoms with Crippen LogP contribution in [0.25, 0.3) is 0 Å². The summed E-state index contributed by atoms with van der Waals surface area (Å²) in [5, 5.41) is 2.88. The Bertz CT molecular complexity index is 773. The minimum atomic E-state index is -0.344. The number of fused-ring (bicyclic) bond motifs is 1. The Labute approximate surface area is 153 Å². The highest BCUT2D eigenvalue weighted by molar-refractivity contribution is 5.97. The van der Waals surface area contributed by atoms with Crippen molar-refractivity contribution >= 4 is 11.9 Å². The van der Waals surface area contributed by atoms with Crippen LogP contribution in [0.2, 0.25) is 0 Å². The molecule has 1 aliphatic heterocycles. The van der Waals surface area contributed by atoms with E-state index >= 15 is 0 Å². The minimum absolute atomic E-state index is 0.139. The number of benzene rings is 2. The predicted octanol–water partition coefficient (Wildman–Crippen LogP) is 3.30. The molecule has 1 atom stereocenters. The van der Waals surface area contributed by atoms with Crippen molar-refractivity contribution in [1.29, 1.82) is 0 Å². The largest absolute Gasteiger partial charge is 0.454 e. The summed E-state index contributed by atoms with van der Waals surface area (Å²) < 4.78 is 10.8. The topological polar surface area (TPSA) is 64.6 Å². The van der Waals surface area contributed by atoms with Crippen molar-refractivity contribution in [3.63, 3.8) is 0 Å². The first kappa shape index (κ1) is 18.1. The fraction of sp³-hybridized carbons (Fsp3) is 0.333. The first-order valence-corrected chi connectivity index (χ1v) is 8.94. The lowest BCUT2D eigenvalue weighted by molar-refractivity contribution is 0.0252. The molecule has 3 rings (SSSR count). The molecule has 26 heavy (non-hydrogen) atoms. The molecule has 2 aromatic carbocycles. The number of rotatable bonds is 7. The summed E-state index contributed by atoms with van der Waals surface area (Å²) >= 11 is 0. The van der Waals surface area contributed by atoms with Gasteiger partial charge in [0.25, 0.3) is 5.91 Å². The fourth-order valence-corrected chi connectivity index (χ4v) is 3.01.